The normalized spacial score (nSPS) is 20.2. The smallest absolute Gasteiger partial charge is 0.313 e. The lowest BCUT2D eigenvalue weighted by Crippen LogP contribution is -2.48. The Morgan fingerprint density at radius 3 is 2.50 bits per heavy atom. The molecular formula is C19H18FNO3. The average molecular weight is 327 g/mol. The molecule has 1 N–H and O–H groups in total. The Hall–Kier alpha value is -2.69. The number of amides is 1. The third-order valence-corrected chi connectivity index (χ3v) is 4.39. The molecule has 0 saturated carbocycles. The number of rotatable bonds is 3. The summed E-state index contributed by atoms with van der Waals surface area (Å²) < 4.78 is 13.7. The summed E-state index contributed by atoms with van der Waals surface area (Å²) in [6.45, 7) is 3.66. The van der Waals surface area contributed by atoms with Crippen LogP contribution in [0.1, 0.15) is 47.3 Å². The summed E-state index contributed by atoms with van der Waals surface area (Å²) in [4.78, 5) is 26.5. The maximum absolute atomic E-state index is 13.7. The molecule has 0 bridgehead atoms. The molecule has 1 heterocycles. The molecule has 0 saturated heterocycles. The van der Waals surface area contributed by atoms with E-state index in [-0.39, 0.29) is 11.9 Å². The van der Waals surface area contributed by atoms with Crippen LogP contribution in [0.4, 0.5) is 4.39 Å². The lowest BCUT2D eigenvalue weighted by Gasteiger charge is -2.43. The van der Waals surface area contributed by atoms with Crippen LogP contribution < -0.4 is 0 Å². The first-order chi connectivity index (χ1) is 11.4. The van der Waals surface area contributed by atoms with Gasteiger partial charge in [-0.2, -0.15) is 0 Å². The van der Waals surface area contributed by atoms with Crippen molar-refractivity contribution in [3.8, 4) is 0 Å². The molecule has 2 atom stereocenters. The highest BCUT2D eigenvalue weighted by Gasteiger charge is 2.45. The second kappa shape index (κ2) is 6.07. The summed E-state index contributed by atoms with van der Waals surface area (Å²) in [5.41, 5.74) is 1.35. The number of benzene rings is 2. The minimum Gasteiger partial charge on any atom is -0.481 e. The van der Waals surface area contributed by atoms with Crippen LogP contribution in [-0.2, 0) is 4.79 Å². The topological polar surface area (TPSA) is 57.6 Å². The molecule has 0 radical (unpaired) electrons. The molecule has 2 unspecified atom stereocenters. The molecule has 3 rings (SSSR count). The van der Waals surface area contributed by atoms with Crippen LogP contribution in [0, 0.1) is 5.82 Å². The van der Waals surface area contributed by atoms with Gasteiger partial charge in [0.2, 0.25) is 0 Å². The molecule has 0 aliphatic carbocycles. The van der Waals surface area contributed by atoms with E-state index in [4.69, 9.17) is 0 Å². The van der Waals surface area contributed by atoms with Crippen molar-refractivity contribution in [2.45, 2.75) is 31.8 Å². The number of hydrogen-bond acceptors (Lipinski definition) is 2. The largest absolute Gasteiger partial charge is 0.481 e. The fraction of sp³-hybridized carbons (Fsp3) is 0.263. The first kappa shape index (κ1) is 16.2. The van der Waals surface area contributed by atoms with E-state index in [1.807, 2.05) is 13.8 Å². The Bertz CT molecular complexity index is 803. The van der Waals surface area contributed by atoms with Gasteiger partial charge in [0.05, 0.1) is 6.04 Å². The summed E-state index contributed by atoms with van der Waals surface area (Å²) in [6, 6.07) is 11.6. The fourth-order valence-electron chi connectivity index (χ4n) is 3.43. The Labute approximate surface area is 139 Å². The standard InChI is InChI=1S/C19H18FNO3/c1-11(2)21-17(12-6-5-7-13(20)10-12)16(19(23)24)14-8-3-4-9-15(14)18(21)22/h3-11,16-17H,1-2H3,(H,23,24). The van der Waals surface area contributed by atoms with E-state index in [0.717, 1.165) is 0 Å². The van der Waals surface area contributed by atoms with Gasteiger partial charge < -0.3 is 10.0 Å². The van der Waals surface area contributed by atoms with Crippen molar-refractivity contribution in [1.82, 2.24) is 4.90 Å². The number of fused-ring (bicyclic) bond motifs is 1. The number of aliphatic carboxylic acids is 1. The molecule has 2 aromatic carbocycles. The second-order valence-corrected chi connectivity index (χ2v) is 6.21. The maximum atomic E-state index is 13.7. The molecule has 124 valence electrons. The van der Waals surface area contributed by atoms with Crippen LogP contribution in [0.5, 0.6) is 0 Å². The Morgan fingerprint density at radius 2 is 1.88 bits per heavy atom. The molecule has 0 fully saturated rings. The first-order valence-electron chi connectivity index (χ1n) is 7.81. The lowest BCUT2D eigenvalue weighted by molar-refractivity contribution is -0.140. The molecule has 1 amide bonds. The lowest BCUT2D eigenvalue weighted by atomic mass is 9.79. The van der Waals surface area contributed by atoms with Crippen molar-refractivity contribution < 1.29 is 19.1 Å². The van der Waals surface area contributed by atoms with Crippen LogP contribution in [0.2, 0.25) is 0 Å². The number of halogens is 1. The monoisotopic (exact) mass is 327 g/mol. The second-order valence-electron chi connectivity index (χ2n) is 6.21. The number of carbonyl (C=O) groups is 2. The quantitative estimate of drug-likeness (QED) is 0.937. The maximum Gasteiger partial charge on any atom is 0.313 e. The SMILES string of the molecule is CC(C)N1C(=O)c2ccccc2C(C(=O)O)C1c1cccc(F)c1. The van der Waals surface area contributed by atoms with Crippen LogP contribution >= 0.6 is 0 Å². The molecular weight excluding hydrogens is 309 g/mol. The van der Waals surface area contributed by atoms with E-state index < -0.39 is 23.7 Å². The van der Waals surface area contributed by atoms with Crippen molar-refractivity contribution >= 4 is 11.9 Å². The first-order valence-corrected chi connectivity index (χ1v) is 7.81. The third-order valence-electron chi connectivity index (χ3n) is 4.39. The Balaban J connectivity index is 2.26. The summed E-state index contributed by atoms with van der Waals surface area (Å²) in [6.07, 6.45) is 0. The highest BCUT2D eigenvalue weighted by atomic mass is 19.1. The summed E-state index contributed by atoms with van der Waals surface area (Å²) in [5, 5.41) is 9.84. The van der Waals surface area contributed by atoms with Gasteiger partial charge in [-0.1, -0.05) is 30.3 Å². The van der Waals surface area contributed by atoms with E-state index in [1.165, 1.54) is 23.1 Å². The van der Waals surface area contributed by atoms with Gasteiger partial charge >= 0.3 is 5.97 Å². The van der Waals surface area contributed by atoms with Gasteiger partial charge in [-0.3, -0.25) is 9.59 Å². The molecule has 5 heteroatoms. The van der Waals surface area contributed by atoms with E-state index in [2.05, 4.69) is 0 Å². The van der Waals surface area contributed by atoms with Gasteiger partial charge in [0.25, 0.3) is 5.91 Å². The molecule has 0 aromatic heterocycles. The van der Waals surface area contributed by atoms with Crippen molar-refractivity contribution in [1.29, 1.82) is 0 Å². The van der Waals surface area contributed by atoms with Crippen molar-refractivity contribution in [3.05, 3.63) is 71.0 Å². The Morgan fingerprint density at radius 1 is 1.17 bits per heavy atom. The van der Waals surface area contributed by atoms with E-state index in [0.29, 0.717) is 16.7 Å². The van der Waals surface area contributed by atoms with Gasteiger partial charge in [-0.25, -0.2) is 4.39 Å². The van der Waals surface area contributed by atoms with Gasteiger partial charge in [0, 0.05) is 11.6 Å². The van der Waals surface area contributed by atoms with Crippen molar-refractivity contribution in [3.63, 3.8) is 0 Å². The van der Waals surface area contributed by atoms with Gasteiger partial charge in [0.15, 0.2) is 0 Å². The molecule has 24 heavy (non-hydrogen) atoms. The number of carboxylic acid groups (broad SMARTS) is 1. The van der Waals surface area contributed by atoms with Crippen LogP contribution in [0.25, 0.3) is 0 Å². The molecule has 1 aliphatic rings. The van der Waals surface area contributed by atoms with Crippen LogP contribution in [0.15, 0.2) is 48.5 Å². The van der Waals surface area contributed by atoms with E-state index in [1.54, 1.807) is 30.3 Å². The minimum atomic E-state index is -1.03. The predicted molar refractivity (Wildman–Crippen MR) is 87.3 cm³/mol. The van der Waals surface area contributed by atoms with Gasteiger partial charge in [-0.05, 0) is 43.2 Å². The molecule has 4 nitrogen and oxygen atoms in total. The summed E-state index contributed by atoms with van der Waals surface area (Å²) in [7, 11) is 0. The predicted octanol–water partition coefficient (Wildman–Crippen LogP) is 3.60. The zero-order chi connectivity index (χ0) is 17.4. The third kappa shape index (κ3) is 2.56. The fourth-order valence-corrected chi connectivity index (χ4v) is 3.43. The van der Waals surface area contributed by atoms with Gasteiger partial charge in [-0.15, -0.1) is 0 Å². The van der Waals surface area contributed by atoms with Crippen LogP contribution in [0.3, 0.4) is 0 Å². The summed E-state index contributed by atoms with van der Waals surface area (Å²) in [5.74, 6) is -2.66. The van der Waals surface area contributed by atoms with Gasteiger partial charge in [0.1, 0.15) is 11.7 Å². The Kier molecular flexibility index (Phi) is 4.09. The molecule has 0 spiro atoms. The van der Waals surface area contributed by atoms with Crippen molar-refractivity contribution in [2.75, 3.05) is 0 Å². The number of nitrogens with zero attached hydrogens (tertiary/aromatic N) is 1. The average Bonchev–Trinajstić information content (AvgIpc) is 2.54. The van der Waals surface area contributed by atoms with Crippen LogP contribution in [-0.4, -0.2) is 27.9 Å². The number of carboxylic acids is 1. The zero-order valence-corrected chi connectivity index (χ0v) is 13.4. The highest BCUT2D eigenvalue weighted by Crippen LogP contribution is 2.43. The minimum absolute atomic E-state index is 0.221. The van der Waals surface area contributed by atoms with Crippen molar-refractivity contribution in [2.24, 2.45) is 0 Å². The van der Waals surface area contributed by atoms with E-state index in [9.17, 15) is 19.1 Å². The highest BCUT2D eigenvalue weighted by molar-refractivity contribution is 6.00. The summed E-state index contributed by atoms with van der Waals surface area (Å²) >= 11 is 0. The number of hydrogen-bond donors (Lipinski definition) is 1. The number of carbonyl (C=O) groups excluding carboxylic acids is 1. The zero-order valence-electron chi connectivity index (χ0n) is 13.4. The van der Waals surface area contributed by atoms with E-state index >= 15 is 0 Å². The molecule has 1 aliphatic heterocycles. The molecule has 2 aromatic rings.